The van der Waals surface area contributed by atoms with Crippen molar-refractivity contribution in [3.05, 3.63) is 63.5 Å². The summed E-state index contributed by atoms with van der Waals surface area (Å²) in [5.74, 6) is 1.55. The first-order valence-electron chi connectivity index (χ1n) is 7.85. The van der Waals surface area contributed by atoms with Gasteiger partial charge < -0.3 is 5.11 Å². The number of rotatable bonds is 6. The Labute approximate surface area is 145 Å². The number of aromatic nitrogens is 5. The van der Waals surface area contributed by atoms with Gasteiger partial charge in [-0.3, -0.25) is 5.10 Å². The van der Waals surface area contributed by atoms with Crippen molar-refractivity contribution in [2.45, 2.75) is 33.2 Å². The maximum atomic E-state index is 9.29. The minimum absolute atomic E-state index is 0.0241. The lowest BCUT2D eigenvalue weighted by molar-refractivity contribution is 0.267. The fourth-order valence-electron chi connectivity index (χ4n) is 2.73. The molecule has 0 saturated heterocycles. The summed E-state index contributed by atoms with van der Waals surface area (Å²) in [4.78, 5) is 4.67. The van der Waals surface area contributed by atoms with E-state index in [1.807, 2.05) is 38.1 Å². The Hall–Kier alpha value is -2.18. The number of aliphatic hydroxyl groups excluding tert-OH is 1. The first-order chi connectivity index (χ1) is 11.6. The van der Waals surface area contributed by atoms with Crippen LogP contribution in [0.25, 0.3) is 0 Å². The van der Waals surface area contributed by atoms with Crippen LogP contribution in [-0.4, -0.2) is 36.7 Å². The molecule has 0 fully saturated rings. The van der Waals surface area contributed by atoms with E-state index in [2.05, 4.69) is 20.3 Å². The molecule has 0 saturated carbocycles. The van der Waals surface area contributed by atoms with E-state index >= 15 is 0 Å². The third-order valence-electron chi connectivity index (χ3n) is 3.97. The largest absolute Gasteiger partial charge is 0.394 e. The van der Waals surface area contributed by atoms with Crippen LogP contribution >= 0.6 is 11.6 Å². The van der Waals surface area contributed by atoms with Crippen molar-refractivity contribution in [3.63, 3.8) is 0 Å². The third-order valence-corrected chi connectivity index (χ3v) is 4.21. The number of nitrogens with one attached hydrogen (secondary N) is 1. The zero-order valence-corrected chi connectivity index (χ0v) is 14.5. The topological polar surface area (TPSA) is 79.6 Å². The van der Waals surface area contributed by atoms with Crippen LogP contribution in [0, 0.1) is 13.8 Å². The summed E-state index contributed by atoms with van der Waals surface area (Å²) in [6.45, 7) is 4.41. The standard InChI is InChI=1S/C17H20ClN5O/c1-11-15(12(2)21-20-11)10-17-19-16(22-23(17)6-7-24)9-13-4-3-5-14(18)8-13/h3-5,8,24H,6-7,9-10H2,1-2H3,(H,20,21). The highest BCUT2D eigenvalue weighted by Crippen LogP contribution is 2.17. The molecule has 7 heteroatoms. The lowest BCUT2D eigenvalue weighted by Crippen LogP contribution is -2.10. The van der Waals surface area contributed by atoms with E-state index in [0.717, 1.165) is 34.2 Å². The van der Waals surface area contributed by atoms with E-state index in [-0.39, 0.29) is 6.61 Å². The van der Waals surface area contributed by atoms with Gasteiger partial charge in [-0.25, -0.2) is 9.67 Å². The first kappa shape index (κ1) is 16.7. The maximum absolute atomic E-state index is 9.29. The molecule has 6 nitrogen and oxygen atoms in total. The minimum atomic E-state index is 0.0241. The molecule has 3 rings (SSSR count). The predicted octanol–water partition coefficient (Wildman–Crippen LogP) is 2.45. The van der Waals surface area contributed by atoms with Crippen LogP contribution in [0.1, 0.15) is 34.2 Å². The predicted molar refractivity (Wildman–Crippen MR) is 92.2 cm³/mol. The van der Waals surface area contributed by atoms with Gasteiger partial charge in [-0.1, -0.05) is 23.7 Å². The maximum Gasteiger partial charge on any atom is 0.155 e. The van der Waals surface area contributed by atoms with E-state index in [4.69, 9.17) is 11.6 Å². The van der Waals surface area contributed by atoms with Crippen LogP contribution in [0.4, 0.5) is 0 Å². The SMILES string of the molecule is Cc1n[nH]c(C)c1Cc1nc(Cc2cccc(Cl)c2)nn1CCO. The normalized spacial score (nSPS) is 11.2. The second-order valence-electron chi connectivity index (χ2n) is 5.79. The van der Waals surface area contributed by atoms with Crippen molar-refractivity contribution < 1.29 is 5.11 Å². The molecule has 24 heavy (non-hydrogen) atoms. The molecule has 0 aliphatic rings. The van der Waals surface area contributed by atoms with E-state index in [0.29, 0.717) is 24.4 Å². The fourth-order valence-corrected chi connectivity index (χ4v) is 2.94. The number of benzene rings is 1. The molecule has 2 aromatic heterocycles. The Morgan fingerprint density at radius 1 is 1.25 bits per heavy atom. The zero-order chi connectivity index (χ0) is 17.1. The van der Waals surface area contributed by atoms with E-state index in [1.54, 1.807) is 4.68 Å². The van der Waals surface area contributed by atoms with Crippen molar-refractivity contribution in [1.29, 1.82) is 0 Å². The van der Waals surface area contributed by atoms with Gasteiger partial charge in [-0.2, -0.15) is 10.2 Å². The van der Waals surface area contributed by atoms with Crippen LogP contribution in [0.15, 0.2) is 24.3 Å². The average Bonchev–Trinajstić information content (AvgIpc) is 3.06. The first-order valence-corrected chi connectivity index (χ1v) is 8.23. The molecule has 0 aliphatic carbocycles. The van der Waals surface area contributed by atoms with Crippen LogP contribution < -0.4 is 0 Å². The van der Waals surface area contributed by atoms with Crippen molar-refractivity contribution in [1.82, 2.24) is 25.0 Å². The van der Waals surface area contributed by atoms with Gasteiger partial charge in [0.05, 0.1) is 18.8 Å². The molecular weight excluding hydrogens is 326 g/mol. The Morgan fingerprint density at radius 3 is 2.75 bits per heavy atom. The second-order valence-corrected chi connectivity index (χ2v) is 6.22. The number of hydrogen-bond donors (Lipinski definition) is 2. The molecule has 1 aromatic carbocycles. The molecule has 0 bridgehead atoms. The van der Waals surface area contributed by atoms with Gasteiger partial charge in [0.2, 0.25) is 0 Å². The molecule has 0 spiro atoms. The summed E-state index contributed by atoms with van der Waals surface area (Å²) in [5, 5.41) is 21.7. The third kappa shape index (κ3) is 3.66. The van der Waals surface area contributed by atoms with Crippen molar-refractivity contribution in [3.8, 4) is 0 Å². The summed E-state index contributed by atoms with van der Waals surface area (Å²) in [7, 11) is 0. The summed E-state index contributed by atoms with van der Waals surface area (Å²) in [6, 6.07) is 7.68. The highest BCUT2D eigenvalue weighted by atomic mass is 35.5. The van der Waals surface area contributed by atoms with Gasteiger partial charge >= 0.3 is 0 Å². The number of H-pyrrole nitrogens is 1. The van der Waals surface area contributed by atoms with Crippen LogP contribution in [0.5, 0.6) is 0 Å². The Bertz CT molecular complexity index is 820. The van der Waals surface area contributed by atoms with Gasteiger partial charge in [-0.15, -0.1) is 0 Å². The number of nitrogens with zero attached hydrogens (tertiary/aromatic N) is 4. The second kappa shape index (κ2) is 7.15. The highest BCUT2D eigenvalue weighted by molar-refractivity contribution is 6.30. The van der Waals surface area contributed by atoms with Crippen molar-refractivity contribution in [2.24, 2.45) is 0 Å². The van der Waals surface area contributed by atoms with Crippen LogP contribution in [0.3, 0.4) is 0 Å². The number of aryl methyl sites for hydroxylation is 2. The molecular formula is C17H20ClN5O. The van der Waals surface area contributed by atoms with E-state index < -0.39 is 0 Å². The number of aliphatic hydroxyl groups is 1. The van der Waals surface area contributed by atoms with Crippen LogP contribution in [0.2, 0.25) is 5.02 Å². The summed E-state index contributed by atoms with van der Waals surface area (Å²) in [5.41, 5.74) is 4.17. The quantitative estimate of drug-likeness (QED) is 0.719. The minimum Gasteiger partial charge on any atom is -0.394 e. The van der Waals surface area contributed by atoms with Gasteiger partial charge in [-0.05, 0) is 31.5 Å². The van der Waals surface area contributed by atoms with E-state index in [1.165, 1.54) is 0 Å². The highest BCUT2D eigenvalue weighted by Gasteiger charge is 2.15. The van der Waals surface area contributed by atoms with Gasteiger partial charge in [0.15, 0.2) is 5.82 Å². The molecule has 2 N–H and O–H groups in total. The molecule has 0 unspecified atom stereocenters. The molecule has 126 valence electrons. The van der Waals surface area contributed by atoms with Crippen molar-refractivity contribution in [2.75, 3.05) is 6.61 Å². The smallest absolute Gasteiger partial charge is 0.155 e. The molecule has 0 amide bonds. The number of halogens is 1. The van der Waals surface area contributed by atoms with Crippen LogP contribution in [-0.2, 0) is 19.4 Å². The molecule has 0 radical (unpaired) electrons. The molecule has 0 aliphatic heterocycles. The van der Waals surface area contributed by atoms with Gasteiger partial charge in [0.25, 0.3) is 0 Å². The molecule has 3 aromatic rings. The summed E-state index contributed by atoms with van der Waals surface area (Å²) < 4.78 is 1.77. The Morgan fingerprint density at radius 2 is 2.08 bits per heavy atom. The van der Waals surface area contributed by atoms with Crippen molar-refractivity contribution >= 4 is 11.6 Å². The summed E-state index contributed by atoms with van der Waals surface area (Å²) in [6.07, 6.45) is 1.24. The lowest BCUT2D eigenvalue weighted by atomic mass is 10.1. The number of aromatic amines is 1. The molecule has 0 atom stereocenters. The Balaban J connectivity index is 1.87. The monoisotopic (exact) mass is 345 g/mol. The lowest BCUT2D eigenvalue weighted by Gasteiger charge is -2.04. The van der Waals surface area contributed by atoms with Gasteiger partial charge in [0.1, 0.15) is 5.82 Å². The number of hydrogen-bond acceptors (Lipinski definition) is 4. The fraction of sp³-hybridized carbons (Fsp3) is 0.353. The summed E-state index contributed by atoms with van der Waals surface area (Å²) >= 11 is 6.04. The van der Waals surface area contributed by atoms with E-state index in [9.17, 15) is 5.11 Å². The molecule has 2 heterocycles. The average molecular weight is 346 g/mol. The zero-order valence-electron chi connectivity index (χ0n) is 13.8. The Kier molecular flexibility index (Phi) is 4.97. The van der Waals surface area contributed by atoms with Gasteiger partial charge in [0, 0.05) is 29.1 Å².